The molecule has 1 fully saturated rings. The highest BCUT2D eigenvalue weighted by atomic mass is 16.4. The predicted molar refractivity (Wildman–Crippen MR) is 47.6 cm³/mol. The Labute approximate surface area is 81.7 Å². The van der Waals surface area contributed by atoms with Crippen molar-refractivity contribution in [2.24, 2.45) is 5.92 Å². The van der Waals surface area contributed by atoms with Gasteiger partial charge in [0.15, 0.2) is 0 Å². The van der Waals surface area contributed by atoms with Crippen molar-refractivity contribution in [3.63, 3.8) is 0 Å². The van der Waals surface area contributed by atoms with Crippen molar-refractivity contribution in [3.8, 4) is 0 Å². The number of carbonyl (C=O) groups excluding carboxylic acids is 2. The Kier molecular flexibility index (Phi) is 2.88. The summed E-state index contributed by atoms with van der Waals surface area (Å²) < 4.78 is 0. The summed E-state index contributed by atoms with van der Waals surface area (Å²) in [5, 5.41) is 8.37. The first-order valence-corrected chi connectivity index (χ1v) is 4.53. The molecule has 0 saturated carbocycles. The van der Waals surface area contributed by atoms with Gasteiger partial charge in [0.2, 0.25) is 0 Å². The van der Waals surface area contributed by atoms with Crippen LogP contribution >= 0.6 is 0 Å². The largest absolute Gasteiger partial charge is 0.475 e. The summed E-state index contributed by atoms with van der Waals surface area (Å²) in [5.41, 5.74) is 0. The van der Waals surface area contributed by atoms with Crippen LogP contribution < -0.4 is 0 Å². The minimum Gasteiger partial charge on any atom is -0.475 e. The summed E-state index contributed by atoms with van der Waals surface area (Å²) in [7, 11) is 0. The van der Waals surface area contributed by atoms with Gasteiger partial charge in [0.05, 0.1) is 0 Å². The summed E-state index contributed by atoms with van der Waals surface area (Å²) in [6.45, 7) is 4.27. The van der Waals surface area contributed by atoms with Crippen molar-refractivity contribution in [2.75, 3.05) is 6.54 Å². The summed E-state index contributed by atoms with van der Waals surface area (Å²) in [5.74, 6) is -3.59. The second-order valence-corrected chi connectivity index (χ2v) is 3.64. The lowest BCUT2D eigenvalue weighted by molar-refractivity contribution is -0.156. The Bertz CT molecular complexity index is 287. The smallest absolute Gasteiger partial charge is 0.382 e. The van der Waals surface area contributed by atoms with E-state index in [9.17, 15) is 14.4 Å². The summed E-state index contributed by atoms with van der Waals surface area (Å²) in [6.07, 6.45) is 0.819. The second kappa shape index (κ2) is 3.77. The normalized spacial score (nSPS) is 26.3. The Morgan fingerprint density at radius 2 is 1.86 bits per heavy atom. The van der Waals surface area contributed by atoms with Gasteiger partial charge in [-0.3, -0.25) is 9.59 Å². The minimum absolute atomic E-state index is 0.0502. The van der Waals surface area contributed by atoms with Crippen molar-refractivity contribution < 1.29 is 19.5 Å². The van der Waals surface area contributed by atoms with E-state index in [4.69, 9.17) is 5.11 Å². The lowest BCUT2D eigenvalue weighted by Crippen LogP contribution is -2.42. The Morgan fingerprint density at radius 3 is 2.21 bits per heavy atom. The van der Waals surface area contributed by atoms with Crippen LogP contribution in [0.15, 0.2) is 0 Å². The number of amides is 1. The van der Waals surface area contributed by atoms with Crippen LogP contribution in [-0.2, 0) is 14.4 Å². The average Bonchev–Trinajstić information content (AvgIpc) is 2.45. The zero-order valence-electron chi connectivity index (χ0n) is 8.19. The molecule has 2 unspecified atom stereocenters. The molecule has 1 rings (SSSR count). The van der Waals surface area contributed by atoms with E-state index in [0.717, 1.165) is 6.42 Å². The minimum atomic E-state index is -1.68. The van der Waals surface area contributed by atoms with Crippen LogP contribution in [-0.4, -0.2) is 40.3 Å². The number of hydrogen-bond donors (Lipinski definition) is 1. The molecule has 0 aromatic heterocycles. The van der Waals surface area contributed by atoms with E-state index in [0.29, 0.717) is 12.5 Å². The number of nitrogens with zero attached hydrogens (tertiary/aromatic N) is 1. The van der Waals surface area contributed by atoms with E-state index in [1.807, 2.05) is 13.8 Å². The monoisotopic (exact) mass is 199 g/mol. The van der Waals surface area contributed by atoms with Gasteiger partial charge in [-0.15, -0.1) is 0 Å². The Morgan fingerprint density at radius 1 is 1.29 bits per heavy atom. The van der Waals surface area contributed by atoms with E-state index in [1.54, 1.807) is 0 Å². The maximum absolute atomic E-state index is 11.3. The summed E-state index contributed by atoms with van der Waals surface area (Å²) in [4.78, 5) is 33.9. The molecule has 1 aliphatic heterocycles. The standard InChI is InChI=1S/C9H13NO4/c1-5-3-4-10(6(5)2)8(12)7(11)9(13)14/h5-6H,3-4H2,1-2H3,(H,13,14). The molecule has 5 heteroatoms. The molecule has 1 N–H and O–H groups in total. The van der Waals surface area contributed by atoms with Crippen molar-refractivity contribution in [3.05, 3.63) is 0 Å². The molecule has 0 spiro atoms. The number of ketones is 1. The molecule has 1 heterocycles. The molecule has 14 heavy (non-hydrogen) atoms. The number of Topliss-reactive ketones (excluding diaryl/α,β-unsaturated/α-hetero) is 1. The van der Waals surface area contributed by atoms with Crippen LogP contribution in [0.2, 0.25) is 0 Å². The molecule has 78 valence electrons. The van der Waals surface area contributed by atoms with Gasteiger partial charge in [-0.05, 0) is 19.3 Å². The average molecular weight is 199 g/mol. The third-order valence-corrected chi connectivity index (χ3v) is 2.79. The first-order valence-electron chi connectivity index (χ1n) is 4.53. The molecule has 0 radical (unpaired) electrons. The van der Waals surface area contributed by atoms with Crippen molar-refractivity contribution in [2.45, 2.75) is 26.3 Å². The van der Waals surface area contributed by atoms with Gasteiger partial charge in [-0.1, -0.05) is 6.92 Å². The van der Waals surface area contributed by atoms with Gasteiger partial charge in [-0.25, -0.2) is 4.79 Å². The van der Waals surface area contributed by atoms with Crippen LogP contribution in [0.25, 0.3) is 0 Å². The number of carboxylic acid groups (broad SMARTS) is 1. The number of hydrogen-bond acceptors (Lipinski definition) is 3. The first-order chi connectivity index (χ1) is 6.45. The third kappa shape index (κ3) is 1.76. The lowest BCUT2D eigenvalue weighted by Gasteiger charge is -2.21. The van der Waals surface area contributed by atoms with E-state index in [-0.39, 0.29) is 6.04 Å². The summed E-state index contributed by atoms with van der Waals surface area (Å²) in [6, 6.07) is -0.0502. The Balaban J connectivity index is 2.71. The zero-order chi connectivity index (χ0) is 10.9. The zero-order valence-corrected chi connectivity index (χ0v) is 8.19. The van der Waals surface area contributed by atoms with E-state index in [2.05, 4.69) is 0 Å². The maximum Gasteiger partial charge on any atom is 0.382 e. The van der Waals surface area contributed by atoms with Crippen LogP contribution in [0.4, 0.5) is 0 Å². The fourth-order valence-electron chi connectivity index (χ4n) is 1.60. The fourth-order valence-corrected chi connectivity index (χ4v) is 1.60. The third-order valence-electron chi connectivity index (χ3n) is 2.79. The lowest BCUT2D eigenvalue weighted by atomic mass is 10.1. The quantitative estimate of drug-likeness (QED) is 0.497. The van der Waals surface area contributed by atoms with E-state index >= 15 is 0 Å². The second-order valence-electron chi connectivity index (χ2n) is 3.64. The van der Waals surface area contributed by atoms with Gasteiger partial charge in [0.1, 0.15) is 0 Å². The van der Waals surface area contributed by atoms with Gasteiger partial charge >= 0.3 is 17.7 Å². The highest BCUT2D eigenvalue weighted by Gasteiger charge is 2.36. The molecule has 1 aliphatic rings. The van der Waals surface area contributed by atoms with Crippen molar-refractivity contribution in [1.82, 2.24) is 4.90 Å². The molecule has 2 atom stereocenters. The van der Waals surface area contributed by atoms with E-state index in [1.165, 1.54) is 4.90 Å². The molecule has 5 nitrogen and oxygen atoms in total. The number of rotatable bonds is 2. The molecule has 0 bridgehead atoms. The summed E-state index contributed by atoms with van der Waals surface area (Å²) >= 11 is 0. The van der Waals surface area contributed by atoms with Crippen LogP contribution in [0, 0.1) is 5.92 Å². The molecular formula is C9H13NO4. The molecular weight excluding hydrogens is 186 g/mol. The maximum atomic E-state index is 11.3. The molecule has 1 saturated heterocycles. The number of likely N-dealkylation sites (tertiary alicyclic amines) is 1. The van der Waals surface area contributed by atoms with Gasteiger partial charge < -0.3 is 10.0 Å². The van der Waals surface area contributed by atoms with E-state index < -0.39 is 17.7 Å². The van der Waals surface area contributed by atoms with Gasteiger partial charge in [0.25, 0.3) is 0 Å². The number of aliphatic carboxylic acids is 1. The van der Waals surface area contributed by atoms with Gasteiger partial charge in [0, 0.05) is 12.6 Å². The molecule has 1 amide bonds. The highest BCUT2D eigenvalue weighted by molar-refractivity contribution is 6.61. The Hall–Kier alpha value is -1.39. The number of carbonyl (C=O) groups is 3. The highest BCUT2D eigenvalue weighted by Crippen LogP contribution is 2.23. The van der Waals surface area contributed by atoms with Crippen LogP contribution in [0.3, 0.4) is 0 Å². The molecule has 0 aliphatic carbocycles. The predicted octanol–water partition coefficient (Wildman–Crippen LogP) is -0.103. The SMILES string of the molecule is CC1CCN(C(=O)C(=O)C(=O)O)C1C. The van der Waals surface area contributed by atoms with Crippen LogP contribution in [0.5, 0.6) is 0 Å². The van der Waals surface area contributed by atoms with Gasteiger partial charge in [-0.2, -0.15) is 0 Å². The van der Waals surface area contributed by atoms with Crippen molar-refractivity contribution >= 4 is 17.7 Å². The van der Waals surface area contributed by atoms with Crippen molar-refractivity contribution in [1.29, 1.82) is 0 Å². The fraction of sp³-hybridized carbons (Fsp3) is 0.667. The first kappa shape index (κ1) is 10.7. The topological polar surface area (TPSA) is 74.7 Å². The number of carboxylic acids is 1. The molecule has 0 aromatic rings. The molecule has 0 aromatic carbocycles. The van der Waals surface area contributed by atoms with Crippen LogP contribution in [0.1, 0.15) is 20.3 Å².